The molecule has 3 aromatic heterocycles. The van der Waals surface area contributed by atoms with Gasteiger partial charge >= 0.3 is 0 Å². The highest BCUT2D eigenvalue weighted by molar-refractivity contribution is 7.98. The average Bonchev–Trinajstić information content (AvgIpc) is 3.07. The second kappa shape index (κ2) is 7.09. The van der Waals surface area contributed by atoms with E-state index in [-0.39, 0.29) is 5.56 Å². The minimum atomic E-state index is -0.262. The predicted molar refractivity (Wildman–Crippen MR) is 102 cm³/mol. The number of benzene rings is 1. The second-order valence-electron chi connectivity index (χ2n) is 5.48. The number of methoxy groups -OCH3 is 2. The van der Waals surface area contributed by atoms with Gasteiger partial charge in [-0.05, 0) is 6.07 Å². The van der Waals surface area contributed by atoms with Crippen molar-refractivity contribution in [1.29, 1.82) is 0 Å². The van der Waals surface area contributed by atoms with Crippen LogP contribution in [0.5, 0.6) is 11.5 Å². The van der Waals surface area contributed by atoms with E-state index in [1.165, 1.54) is 32.2 Å². The van der Waals surface area contributed by atoms with Gasteiger partial charge in [-0.3, -0.25) is 4.79 Å². The van der Waals surface area contributed by atoms with Crippen LogP contribution < -0.4 is 15.0 Å². The molecule has 0 amide bonds. The molecule has 1 aromatic carbocycles. The van der Waals surface area contributed by atoms with Crippen LogP contribution in [0.15, 0.2) is 38.8 Å². The molecule has 0 aliphatic rings. The molecular weight excluding hydrogens is 392 g/mol. The number of hydrogen-bond donors (Lipinski definition) is 1. The van der Waals surface area contributed by atoms with Crippen LogP contribution in [0, 0.1) is 0 Å². The predicted octanol–water partition coefficient (Wildman–Crippen LogP) is 3.42. The number of nitrogens with zero attached hydrogens (tertiary/aromatic N) is 3. The Morgan fingerprint density at radius 3 is 2.74 bits per heavy atom. The Bertz CT molecular complexity index is 1210. The molecule has 4 aromatic rings. The van der Waals surface area contributed by atoms with E-state index in [0.29, 0.717) is 55.5 Å². The third-order valence-corrected chi connectivity index (χ3v) is 4.83. The quantitative estimate of drug-likeness (QED) is 0.504. The summed E-state index contributed by atoms with van der Waals surface area (Å²) in [5.41, 5.74) is 1.22. The normalized spacial score (nSPS) is 11.2. The van der Waals surface area contributed by atoms with Gasteiger partial charge in [0, 0.05) is 18.3 Å². The van der Waals surface area contributed by atoms with Crippen LogP contribution in [0.25, 0.3) is 22.1 Å². The fourth-order valence-electron chi connectivity index (χ4n) is 2.55. The smallest absolute Gasteiger partial charge is 0.258 e. The van der Waals surface area contributed by atoms with E-state index in [2.05, 4.69) is 19.9 Å². The highest BCUT2D eigenvalue weighted by Crippen LogP contribution is 2.30. The Labute approximate surface area is 161 Å². The molecule has 0 saturated heterocycles. The lowest BCUT2D eigenvalue weighted by molar-refractivity contribution is 0.355. The number of H-pyrrole nitrogens is 1. The lowest BCUT2D eigenvalue weighted by Crippen LogP contribution is -2.11. The first kappa shape index (κ1) is 17.6. The molecule has 1 N–H and O–H groups in total. The Kier molecular flexibility index (Phi) is 4.63. The van der Waals surface area contributed by atoms with Gasteiger partial charge in [0.25, 0.3) is 10.8 Å². The molecule has 27 heavy (non-hydrogen) atoms. The van der Waals surface area contributed by atoms with Crippen LogP contribution >= 0.6 is 23.4 Å². The summed E-state index contributed by atoms with van der Waals surface area (Å²) >= 11 is 7.18. The second-order valence-corrected chi connectivity index (χ2v) is 6.84. The van der Waals surface area contributed by atoms with Gasteiger partial charge in [0.2, 0.25) is 0 Å². The Hall–Kier alpha value is -2.78. The Balaban J connectivity index is 1.63. The van der Waals surface area contributed by atoms with Gasteiger partial charge in [-0.25, -0.2) is 9.97 Å². The number of aromatic nitrogens is 4. The number of halogens is 1. The van der Waals surface area contributed by atoms with Gasteiger partial charge in [0.15, 0.2) is 22.7 Å². The van der Waals surface area contributed by atoms with Crippen molar-refractivity contribution in [2.24, 2.45) is 0 Å². The van der Waals surface area contributed by atoms with Crippen molar-refractivity contribution in [2.75, 3.05) is 14.2 Å². The highest BCUT2D eigenvalue weighted by atomic mass is 35.5. The first-order valence-electron chi connectivity index (χ1n) is 7.77. The van der Waals surface area contributed by atoms with Crippen LogP contribution in [0.4, 0.5) is 0 Å². The van der Waals surface area contributed by atoms with Crippen LogP contribution in [0.1, 0.15) is 5.82 Å². The molecule has 8 nitrogen and oxygen atoms in total. The Morgan fingerprint density at radius 2 is 1.96 bits per heavy atom. The van der Waals surface area contributed by atoms with Gasteiger partial charge in [-0.15, -0.1) is 0 Å². The molecule has 0 saturated carbocycles. The number of pyridine rings is 1. The van der Waals surface area contributed by atoms with Gasteiger partial charge in [-0.2, -0.15) is 4.98 Å². The van der Waals surface area contributed by atoms with Crippen molar-refractivity contribution >= 4 is 45.5 Å². The van der Waals surface area contributed by atoms with E-state index >= 15 is 0 Å². The SMILES string of the molecule is COc1cc2nc(CSc3nc4ncc(Cl)cc4o3)[nH]c(=O)c2cc1OC. The fourth-order valence-corrected chi connectivity index (χ4v) is 3.39. The lowest BCUT2D eigenvalue weighted by atomic mass is 10.2. The fraction of sp³-hybridized carbons (Fsp3) is 0.176. The topological polar surface area (TPSA) is 103 Å². The lowest BCUT2D eigenvalue weighted by Gasteiger charge is -2.09. The summed E-state index contributed by atoms with van der Waals surface area (Å²) in [4.78, 5) is 28.0. The van der Waals surface area contributed by atoms with E-state index in [1.54, 1.807) is 18.2 Å². The molecule has 0 aliphatic heterocycles. The molecule has 3 heterocycles. The third kappa shape index (κ3) is 3.43. The molecule has 0 bridgehead atoms. The van der Waals surface area contributed by atoms with E-state index in [0.717, 1.165) is 0 Å². The number of thioether (sulfide) groups is 1. The minimum absolute atomic E-state index is 0.262. The van der Waals surface area contributed by atoms with Crippen molar-refractivity contribution in [3.8, 4) is 11.5 Å². The molecule has 0 fully saturated rings. The molecule has 10 heteroatoms. The molecule has 0 aliphatic carbocycles. The van der Waals surface area contributed by atoms with Gasteiger partial charge in [0.1, 0.15) is 5.82 Å². The summed E-state index contributed by atoms with van der Waals surface area (Å²) in [6.07, 6.45) is 1.50. The highest BCUT2D eigenvalue weighted by Gasteiger charge is 2.13. The summed E-state index contributed by atoms with van der Waals surface area (Å²) in [6, 6.07) is 4.92. The summed E-state index contributed by atoms with van der Waals surface area (Å²) in [6.45, 7) is 0. The summed E-state index contributed by atoms with van der Waals surface area (Å²) in [5, 5.41) is 1.30. The average molecular weight is 405 g/mol. The van der Waals surface area contributed by atoms with Crippen molar-refractivity contribution in [3.63, 3.8) is 0 Å². The zero-order valence-electron chi connectivity index (χ0n) is 14.3. The maximum atomic E-state index is 12.4. The summed E-state index contributed by atoms with van der Waals surface area (Å²) in [7, 11) is 3.04. The van der Waals surface area contributed by atoms with E-state index < -0.39 is 0 Å². The van der Waals surface area contributed by atoms with Crippen molar-refractivity contribution in [1.82, 2.24) is 19.9 Å². The number of aromatic amines is 1. The molecule has 138 valence electrons. The van der Waals surface area contributed by atoms with Crippen molar-refractivity contribution in [3.05, 3.63) is 45.6 Å². The number of fused-ring (bicyclic) bond motifs is 2. The van der Waals surface area contributed by atoms with Gasteiger partial charge in [-0.1, -0.05) is 23.4 Å². The summed E-state index contributed by atoms with van der Waals surface area (Å²) in [5.74, 6) is 1.82. The van der Waals surface area contributed by atoms with Crippen LogP contribution in [-0.4, -0.2) is 34.2 Å². The molecule has 0 unspecified atom stereocenters. The number of nitrogens with one attached hydrogen (secondary N) is 1. The largest absolute Gasteiger partial charge is 0.493 e. The summed E-state index contributed by atoms with van der Waals surface area (Å²) < 4.78 is 16.1. The number of ether oxygens (including phenoxy) is 2. The third-order valence-electron chi connectivity index (χ3n) is 3.79. The number of oxazole rings is 1. The van der Waals surface area contributed by atoms with E-state index in [4.69, 9.17) is 25.5 Å². The van der Waals surface area contributed by atoms with Gasteiger partial charge < -0.3 is 18.9 Å². The number of hydrogen-bond acceptors (Lipinski definition) is 8. The maximum absolute atomic E-state index is 12.4. The van der Waals surface area contributed by atoms with Crippen LogP contribution in [0.2, 0.25) is 5.02 Å². The Morgan fingerprint density at radius 1 is 1.19 bits per heavy atom. The number of rotatable bonds is 5. The molecular formula is C17H13ClN4O4S. The van der Waals surface area contributed by atoms with Crippen LogP contribution in [-0.2, 0) is 5.75 Å². The van der Waals surface area contributed by atoms with E-state index in [1.807, 2.05) is 0 Å². The maximum Gasteiger partial charge on any atom is 0.258 e. The molecule has 4 rings (SSSR count). The molecule has 0 atom stereocenters. The van der Waals surface area contributed by atoms with Crippen LogP contribution in [0.3, 0.4) is 0 Å². The monoisotopic (exact) mass is 404 g/mol. The zero-order chi connectivity index (χ0) is 19.0. The molecule has 0 radical (unpaired) electrons. The van der Waals surface area contributed by atoms with Gasteiger partial charge in [0.05, 0.1) is 35.9 Å². The minimum Gasteiger partial charge on any atom is -0.493 e. The molecule has 0 spiro atoms. The first-order valence-corrected chi connectivity index (χ1v) is 9.13. The first-order chi connectivity index (χ1) is 13.1. The van der Waals surface area contributed by atoms with Crippen molar-refractivity contribution < 1.29 is 13.9 Å². The standard InChI is InChI=1S/C17H13ClN4O4S/c1-24-11-4-9-10(5-12(11)25-2)20-14(21-16(9)23)7-27-17-22-15-13(26-17)3-8(18)6-19-15/h3-6H,7H2,1-2H3,(H,20,21,23). The van der Waals surface area contributed by atoms with E-state index in [9.17, 15) is 4.79 Å². The van der Waals surface area contributed by atoms with Crippen molar-refractivity contribution in [2.45, 2.75) is 11.0 Å². The zero-order valence-corrected chi connectivity index (χ0v) is 15.8.